The number of carbonyl (C=O) groups is 2. The van der Waals surface area contributed by atoms with Gasteiger partial charge in [-0.05, 0) is 139 Å². The molecule has 2 amide bonds. The van der Waals surface area contributed by atoms with Gasteiger partial charge in [-0.1, -0.05) is 0 Å². The number of amides is 2. The number of aryl methyl sites for hydroxylation is 1. The lowest BCUT2D eigenvalue weighted by Crippen LogP contribution is -2.46. The van der Waals surface area contributed by atoms with Gasteiger partial charge in [0.25, 0.3) is 5.69 Å². The average Bonchev–Trinajstić information content (AvgIpc) is 3.17. The molecule has 1 atom stereocenters. The Morgan fingerprint density at radius 3 is 2.24 bits per heavy atom. The number of aromatic nitrogens is 2. The second-order valence-corrected chi connectivity index (χ2v) is 17.8. The van der Waals surface area contributed by atoms with Crippen LogP contribution in [0, 0.1) is 34.3 Å². The van der Waals surface area contributed by atoms with Gasteiger partial charge in [-0.15, -0.1) is 0 Å². The van der Waals surface area contributed by atoms with Crippen molar-refractivity contribution >= 4 is 34.4 Å². The smallest absolute Gasteiger partial charge is 0.416 e. The van der Waals surface area contributed by atoms with Crippen LogP contribution in [0.1, 0.15) is 126 Å². The molecule has 2 saturated carbocycles. The zero-order valence-electron chi connectivity index (χ0n) is 34.7. The van der Waals surface area contributed by atoms with Crippen molar-refractivity contribution in [1.29, 1.82) is 0 Å². The molecule has 1 saturated heterocycles. The molecule has 3 aromatic rings. The summed E-state index contributed by atoms with van der Waals surface area (Å²) in [6, 6.07) is 5.63. The number of alkyl halides is 3. The minimum Gasteiger partial charge on any atom is -0.496 e. The fourth-order valence-corrected chi connectivity index (χ4v) is 9.24. The van der Waals surface area contributed by atoms with Gasteiger partial charge in [0.05, 0.1) is 29.2 Å². The number of methoxy groups -OCH3 is 1. The molecule has 0 bridgehead atoms. The number of ether oxygens (including phenoxy) is 2. The maximum Gasteiger partial charge on any atom is 0.416 e. The molecule has 316 valence electrons. The molecule has 12 nitrogen and oxygen atoms in total. The molecule has 0 unspecified atom stereocenters. The zero-order chi connectivity index (χ0) is 42.2. The molecular weight excluding hydrogens is 754 g/mol. The summed E-state index contributed by atoms with van der Waals surface area (Å²) in [5.74, 6) is 2.17. The van der Waals surface area contributed by atoms with Gasteiger partial charge in [-0.2, -0.15) is 13.2 Å². The fraction of sp³-hybridized carbons (Fsp3) is 0.628. The van der Waals surface area contributed by atoms with Gasteiger partial charge in [0.1, 0.15) is 23.0 Å². The molecule has 15 heteroatoms. The van der Waals surface area contributed by atoms with Crippen molar-refractivity contribution in [1.82, 2.24) is 19.8 Å². The van der Waals surface area contributed by atoms with E-state index in [1.165, 1.54) is 0 Å². The molecule has 58 heavy (non-hydrogen) atoms. The predicted molar refractivity (Wildman–Crippen MR) is 215 cm³/mol. The molecule has 0 radical (unpaired) electrons. The number of carbonyl (C=O) groups excluding carboxylic acids is 2. The lowest BCUT2D eigenvalue weighted by molar-refractivity contribution is -0.385. The van der Waals surface area contributed by atoms with Gasteiger partial charge in [0.15, 0.2) is 0 Å². The van der Waals surface area contributed by atoms with E-state index in [0.29, 0.717) is 40.3 Å². The quantitative estimate of drug-likeness (QED) is 0.165. The number of hydrogen-bond donors (Lipinski definition) is 1. The highest BCUT2D eigenvalue weighted by Crippen LogP contribution is 2.47. The molecule has 1 N–H and O–H groups in total. The Bertz CT molecular complexity index is 1990. The summed E-state index contributed by atoms with van der Waals surface area (Å²) in [6.45, 7) is 11.2. The van der Waals surface area contributed by atoms with E-state index in [2.05, 4.69) is 15.3 Å². The van der Waals surface area contributed by atoms with E-state index < -0.39 is 34.0 Å². The predicted octanol–water partition coefficient (Wildman–Crippen LogP) is 9.99. The topological polar surface area (TPSA) is 140 Å². The van der Waals surface area contributed by atoms with E-state index in [1.54, 1.807) is 21.0 Å². The molecule has 2 heterocycles. The van der Waals surface area contributed by atoms with Crippen LogP contribution in [0.15, 0.2) is 30.3 Å². The first-order valence-electron chi connectivity index (χ1n) is 20.5. The molecule has 1 aliphatic heterocycles. The highest BCUT2D eigenvalue weighted by atomic mass is 19.4. The van der Waals surface area contributed by atoms with Crippen LogP contribution >= 0.6 is 0 Å². The number of halogens is 3. The number of nitro benzene ring substituents is 1. The average molecular weight is 811 g/mol. The number of anilines is 1. The zero-order valence-corrected chi connectivity index (χ0v) is 34.7. The van der Waals surface area contributed by atoms with E-state index >= 15 is 0 Å². The summed E-state index contributed by atoms with van der Waals surface area (Å²) in [6.07, 6.45) is 4.43. The first-order valence-corrected chi connectivity index (χ1v) is 20.5. The molecule has 2 aromatic carbocycles. The third-order valence-electron chi connectivity index (χ3n) is 12.6. The Kier molecular flexibility index (Phi) is 12.5. The van der Waals surface area contributed by atoms with Crippen LogP contribution in [-0.2, 0) is 15.7 Å². The number of piperidine rings is 1. The van der Waals surface area contributed by atoms with Crippen LogP contribution in [0.25, 0.3) is 10.9 Å². The van der Waals surface area contributed by atoms with Gasteiger partial charge in [-0.25, -0.2) is 14.8 Å². The highest BCUT2D eigenvalue weighted by molar-refractivity contribution is 5.91. The van der Waals surface area contributed by atoms with Crippen molar-refractivity contribution in [2.24, 2.45) is 17.3 Å². The van der Waals surface area contributed by atoms with Crippen LogP contribution in [-0.4, -0.2) is 76.1 Å². The van der Waals surface area contributed by atoms with Gasteiger partial charge >= 0.3 is 12.3 Å². The number of nitrogens with one attached hydrogen (secondary N) is 1. The maximum atomic E-state index is 13.8. The number of likely N-dealkylation sites (tertiary alicyclic amines) is 1. The lowest BCUT2D eigenvalue weighted by atomic mass is 9.65. The van der Waals surface area contributed by atoms with Crippen molar-refractivity contribution < 1.29 is 37.2 Å². The molecule has 2 aliphatic carbocycles. The summed E-state index contributed by atoms with van der Waals surface area (Å²) in [5.41, 5.74) is -0.351. The minimum absolute atomic E-state index is 0.0691. The van der Waals surface area contributed by atoms with Gasteiger partial charge in [-0.3, -0.25) is 14.9 Å². The highest BCUT2D eigenvalue weighted by Gasteiger charge is 2.41. The number of fused-ring (bicyclic) bond motifs is 1. The third-order valence-corrected chi connectivity index (χ3v) is 12.6. The van der Waals surface area contributed by atoms with Gasteiger partial charge in [0, 0.05) is 56.2 Å². The van der Waals surface area contributed by atoms with Crippen LogP contribution < -0.4 is 10.1 Å². The number of nitrogens with zero attached hydrogens (tertiary/aromatic N) is 5. The first-order chi connectivity index (χ1) is 27.2. The number of non-ortho nitro benzene ring substituents is 1. The molecule has 3 aliphatic rings. The van der Waals surface area contributed by atoms with E-state index in [4.69, 9.17) is 9.47 Å². The van der Waals surface area contributed by atoms with Crippen LogP contribution in [0.4, 0.5) is 29.5 Å². The SMILES string of the molecule is COc1cc2nc(C)nc(N[C@H](C)c3cc([N+](=O)[O-])cc(C(F)(F)F)c3)c2cc1C1CCC(C(=O)N(C)CC2CCC3(CC2)CCN(C(=O)OC(C)(C)C)CC3)CC1. The summed E-state index contributed by atoms with van der Waals surface area (Å²) >= 11 is 0. The number of rotatable bonds is 9. The molecule has 1 spiro atoms. The molecule has 1 aromatic heterocycles. The van der Waals surface area contributed by atoms with E-state index in [1.807, 2.05) is 49.8 Å². The maximum absolute atomic E-state index is 13.8. The van der Waals surface area contributed by atoms with E-state index in [9.17, 15) is 32.9 Å². The first kappa shape index (κ1) is 42.9. The van der Waals surface area contributed by atoms with Gasteiger partial charge < -0.3 is 24.6 Å². The van der Waals surface area contributed by atoms with E-state index in [-0.39, 0.29) is 34.8 Å². The lowest BCUT2D eigenvalue weighted by Gasteiger charge is -2.46. The molecule has 3 fully saturated rings. The molecule has 6 rings (SSSR count). The fourth-order valence-electron chi connectivity index (χ4n) is 9.24. The Morgan fingerprint density at radius 2 is 1.66 bits per heavy atom. The van der Waals surface area contributed by atoms with Crippen LogP contribution in [0.5, 0.6) is 5.75 Å². The Labute approximate surface area is 338 Å². The summed E-state index contributed by atoms with van der Waals surface area (Å²) < 4.78 is 52.4. The summed E-state index contributed by atoms with van der Waals surface area (Å²) in [5, 5.41) is 15.4. The third kappa shape index (κ3) is 9.94. The van der Waals surface area contributed by atoms with Crippen molar-refractivity contribution in [3.63, 3.8) is 0 Å². The standard InChI is InChI=1S/C43H57F3N6O6/c1-26(31-20-32(43(44,45)46)22-33(21-31)52(55)56)47-38-35-23-34(37(57-7)24-36(35)48-27(2)49-38)29-8-10-30(11-9-29)39(53)50(6)25-28-12-14-42(15-13-28)16-18-51(19-17-42)40(54)58-41(3,4)5/h20-24,26,28-30H,8-19,25H2,1-7H3,(H,47,48,49)/t26-,29?,30?/m1/s1. The Morgan fingerprint density at radius 1 is 1.00 bits per heavy atom. The van der Waals surface area contributed by atoms with Gasteiger partial charge in [0.2, 0.25) is 5.91 Å². The second-order valence-electron chi connectivity index (χ2n) is 17.8. The van der Waals surface area contributed by atoms with Crippen molar-refractivity contribution in [3.8, 4) is 5.75 Å². The monoisotopic (exact) mass is 810 g/mol. The summed E-state index contributed by atoms with van der Waals surface area (Å²) in [7, 11) is 3.53. The van der Waals surface area contributed by atoms with Crippen molar-refractivity contribution in [3.05, 3.63) is 63.0 Å². The summed E-state index contributed by atoms with van der Waals surface area (Å²) in [4.78, 5) is 50.0. The van der Waals surface area contributed by atoms with Crippen molar-refractivity contribution in [2.75, 3.05) is 39.1 Å². The van der Waals surface area contributed by atoms with Crippen LogP contribution in [0.3, 0.4) is 0 Å². The second kappa shape index (κ2) is 16.9. The largest absolute Gasteiger partial charge is 0.496 e. The number of benzene rings is 2. The Hall–Kier alpha value is -4.69. The minimum atomic E-state index is -4.76. The van der Waals surface area contributed by atoms with Crippen LogP contribution in [0.2, 0.25) is 0 Å². The number of hydrogen-bond acceptors (Lipinski definition) is 9. The normalized spacial score (nSPS) is 20.8. The van der Waals surface area contributed by atoms with Crippen molar-refractivity contribution in [2.45, 2.75) is 123 Å². The Balaban J connectivity index is 1.07. The van der Waals surface area contributed by atoms with E-state index in [0.717, 1.165) is 102 Å². The molecular formula is C43H57F3N6O6. The number of nitro groups is 1.